The molecule has 0 atom stereocenters. The van der Waals surface area contributed by atoms with Crippen LogP contribution in [0.25, 0.3) is 0 Å². The Labute approximate surface area is 124 Å². The average Bonchev–Trinajstić information content (AvgIpc) is 2.68. The first-order valence-corrected chi connectivity index (χ1v) is 9.10. The summed E-state index contributed by atoms with van der Waals surface area (Å²) < 4.78 is 0. The van der Waals surface area contributed by atoms with E-state index in [0.29, 0.717) is 15.0 Å². The summed E-state index contributed by atoms with van der Waals surface area (Å²) in [6.45, 7) is 18.5. The van der Waals surface area contributed by atoms with Crippen molar-refractivity contribution in [3.63, 3.8) is 0 Å². The first-order valence-electron chi connectivity index (χ1n) is 7.13. The first-order chi connectivity index (χ1) is 8.77. The summed E-state index contributed by atoms with van der Waals surface area (Å²) >= 11 is 0.611. The van der Waals surface area contributed by atoms with Gasteiger partial charge < -0.3 is 0 Å². The third kappa shape index (κ3) is 2.22. The van der Waals surface area contributed by atoms with Crippen molar-refractivity contribution >= 4 is 15.0 Å². The Morgan fingerprint density at radius 1 is 0.474 bits per heavy atom. The summed E-state index contributed by atoms with van der Waals surface area (Å²) in [6.07, 6.45) is 0. The molecule has 0 aromatic rings. The van der Waals surface area contributed by atoms with E-state index in [-0.39, 0.29) is 0 Å². The molecule has 19 heavy (non-hydrogen) atoms. The molecule has 0 saturated carbocycles. The van der Waals surface area contributed by atoms with Gasteiger partial charge in [0.15, 0.2) is 0 Å². The fourth-order valence-corrected chi connectivity index (χ4v) is 6.93. The molecule has 0 radical (unpaired) electrons. The quantitative estimate of drug-likeness (QED) is 0.577. The molecule has 0 nitrogen and oxygen atoms in total. The van der Waals surface area contributed by atoms with Crippen molar-refractivity contribution in [3.8, 4) is 0 Å². The predicted octanol–water partition coefficient (Wildman–Crippen LogP) is 5.64. The molecule has 0 saturated heterocycles. The Hall–Kier alpha value is -0.521. The minimum atomic E-state index is 0.611. The summed E-state index contributed by atoms with van der Waals surface area (Å²) in [6, 6.07) is 0. The molecule has 0 unspecified atom stereocenters. The van der Waals surface area contributed by atoms with Crippen LogP contribution < -0.4 is 0 Å². The zero-order chi connectivity index (χ0) is 14.5. The Morgan fingerprint density at radius 2 is 0.684 bits per heavy atom. The van der Waals surface area contributed by atoms with Crippen LogP contribution in [0, 0.1) is 0 Å². The van der Waals surface area contributed by atoms with E-state index in [9.17, 15) is 0 Å². The van der Waals surface area contributed by atoms with E-state index < -0.39 is 0 Å². The van der Waals surface area contributed by atoms with E-state index >= 15 is 0 Å². The van der Waals surface area contributed by atoms with Crippen molar-refractivity contribution in [1.29, 1.82) is 0 Å². The van der Waals surface area contributed by atoms with Crippen molar-refractivity contribution in [2.75, 3.05) is 0 Å². The zero-order valence-corrected chi connectivity index (χ0v) is 15.3. The predicted molar refractivity (Wildman–Crippen MR) is 86.8 cm³/mol. The van der Waals surface area contributed by atoms with Gasteiger partial charge in [0.25, 0.3) is 0 Å². The van der Waals surface area contributed by atoms with Crippen LogP contribution in [0.1, 0.15) is 55.4 Å². The Bertz CT molecular complexity index is 454. The van der Waals surface area contributed by atoms with E-state index in [0.717, 1.165) is 9.63 Å². The third-order valence-electron chi connectivity index (χ3n) is 5.34. The third-order valence-corrected chi connectivity index (χ3v) is 9.45. The van der Waals surface area contributed by atoms with Crippen molar-refractivity contribution in [2.24, 2.45) is 0 Å². The van der Waals surface area contributed by atoms with E-state index in [1.54, 1.807) is 44.6 Å². The molecule has 0 aromatic heterocycles. The maximum absolute atomic E-state index is 2.34. The molecule has 0 bridgehead atoms. The van der Waals surface area contributed by atoms with Gasteiger partial charge in [-0.2, -0.15) is 0 Å². The molecule has 0 fully saturated rings. The first kappa shape index (κ1) is 14.9. The van der Waals surface area contributed by atoms with E-state index in [4.69, 9.17) is 0 Å². The van der Waals surface area contributed by atoms with Gasteiger partial charge in [0, 0.05) is 0 Å². The second-order valence-corrected chi connectivity index (χ2v) is 8.68. The SMILES string of the molecule is CC1=C(C)C([Se]C2C(C)=C(C)C(C)=C2C)C(C)=C1C. The Kier molecular flexibility index (Phi) is 4.00. The second kappa shape index (κ2) is 5.11. The van der Waals surface area contributed by atoms with E-state index in [2.05, 4.69) is 55.4 Å². The topological polar surface area (TPSA) is 0 Å². The van der Waals surface area contributed by atoms with Crippen molar-refractivity contribution in [2.45, 2.75) is 65.0 Å². The van der Waals surface area contributed by atoms with Crippen LogP contribution in [0.15, 0.2) is 44.6 Å². The molecule has 2 aliphatic carbocycles. The number of hydrogen-bond donors (Lipinski definition) is 0. The number of allylic oxidation sites excluding steroid dienone is 8. The molecule has 2 aliphatic rings. The van der Waals surface area contributed by atoms with Gasteiger partial charge in [-0.15, -0.1) is 0 Å². The van der Waals surface area contributed by atoms with Crippen molar-refractivity contribution in [1.82, 2.24) is 0 Å². The molecule has 0 heterocycles. The Balaban J connectivity index is 2.30. The summed E-state index contributed by atoms with van der Waals surface area (Å²) in [4.78, 5) is 1.45. The average molecular weight is 321 g/mol. The Morgan fingerprint density at radius 3 is 0.895 bits per heavy atom. The van der Waals surface area contributed by atoms with Crippen LogP contribution in [0.4, 0.5) is 0 Å². The maximum atomic E-state index is 2.34. The number of rotatable bonds is 2. The monoisotopic (exact) mass is 322 g/mol. The van der Waals surface area contributed by atoms with Crippen molar-refractivity contribution in [3.05, 3.63) is 44.6 Å². The fraction of sp³-hybridized carbons (Fsp3) is 0.556. The van der Waals surface area contributed by atoms with Crippen LogP contribution in [-0.2, 0) is 0 Å². The summed E-state index contributed by atoms with van der Waals surface area (Å²) in [5.41, 5.74) is 12.7. The van der Waals surface area contributed by atoms with Crippen LogP contribution in [-0.4, -0.2) is 15.0 Å². The van der Waals surface area contributed by atoms with Gasteiger partial charge in [0.05, 0.1) is 0 Å². The van der Waals surface area contributed by atoms with Crippen LogP contribution in [0.3, 0.4) is 0 Å². The molecule has 1 heteroatoms. The molecule has 0 N–H and O–H groups in total. The zero-order valence-electron chi connectivity index (χ0n) is 13.6. The molecule has 0 spiro atoms. The molecule has 0 amide bonds. The van der Waals surface area contributed by atoms with Gasteiger partial charge in [0.2, 0.25) is 0 Å². The molecule has 0 aliphatic heterocycles. The second-order valence-electron chi connectivity index (χ2n) is 6.13. The minimum absolute atomic E-state index is 0.611. The standard InChI is InChI=1S/C18H26Se/c1-9-10(2)14(6)17(13(9)5)19-18-15(7)11(3)12(4)16(18)8/h17-18H,1-8H3. The van der Waals surface area contributed by atoms with E-state index in [1.165, 1.54) is 0 Å². The molecule has 2 rings (SSSR count). The number of hydrogen-bond acceptors (Lipinski definition) is 0. The van der Waals surface area contributed by atoms with E-state index in [1.807, 2.05) is 0 Å². The van der Waals surface area contributed by atoms with Crippen LogP contribution in [0.2, 0.25) is 9.63 Å². The van der Waals surface area contributed by atoms with Gasteiger partial charge >= 0.3 is 125 Å². The normalized spacial score (nSPS) is 22.7. The van der Waals surface area contributed by atoms with Gasteiger partial charge in [-0.05, 0) is 0 Å². The summed E-state index contributed by atoms with van der Waals surface area (Å²) in [5, 5.41) is 0. The van der Waals surface area contributed by atoms with Gasteiger partial charge in [0.1, 0.15) is 0 Å². The van der Waals surface area contributed by atoms with Crippen LogP contribution in [0.5, 0.6) is 0 Å². The molecular formula is C18H26Se. The van der Waals surface area contributed by atoms with Crippen molar-refractivity contribution < 1.29 is 0 Å². The van der Waals surface area contributed by atoms with Gasteiger partial charge in [-0.3, -0.25) is 0 Å². The summed E-state index contributed by atoms with van der Waals surface area (Å²) in [5.74, 6) is 0. The fourth-order valence-electron chi connectivity index (χ4n) is 3.16. The van der Waals surface area contributed by atoms with Crippen LogP contribution >= 0.6 is 0 Å². The van der Waals surface area contributed by atoms with Gasteiger partial charge in [-0.1, -0.05) is 0 Å². The molecule has 0 aromatic carbocycles. The molecule has 104 valence electrons. The van der Waals surface area contributed by atoms with Gasteiger partial charge in [-0.25, -0.2) is 0 Å². The summed E-state index contributed by atoms with van der Waals surface area (Å²) in [7, 11) is 0. The molecular weight excluding hydrogens is 295 g/mol.